The number of carbonyl (C=O) groups excluding carboxylic acids is 1. The largest absolute Gasteiger partial charge is 0.383 e. The van der Waals surface area contributed by atoms with Gasteiger partial charge < -0.3 is 20.3 Å². The average molecular weight is 316 g/mol. The highest BCUT2D eigenvalue weighted by Crippen LogP contribution is 2.07. The maximum atomic E-state index is 11.4. The molecule has 1 aliphatic heterocycles. The van der Waals surface area contributed by atoms with E-state index in [2.05, 4.69) is 15.5 Å². The first kappa shape index (κ1) is 21.2. The standard InChI is InChI=1S/C12H25N3O2.2ClH/c1-17-10-6-13-11-12(16)14-5-9-15-7-3-2-4-8-15;;/h13H,2-11H2,1H3,(H,14,16);2*1H. The Hall–Kier alpha value is -0.0700. The molecule has 0 aliphatic carbocycles. The third kappa shape index (κ3) is 11.5. The van der Waals surface area contributed by atoms with E-state index in [9.17, 15) is 4.79 Å². The molecular weight excluding hydrogens is 289 g/mol. The smallest absolute Gasteiger partial charge is 0.234 e. The predicted molar refractivity (Wildman–Crippen MR) is 82.5 cm³/mol. The van der Waals surface area contributed by atoms with Crippen LogP contribution in [0, 0.1) is 0 Å². The molecule has 0 radical (unpaired) electrons. The molecule has 1 rings (SSSR count). The van der Waals surface area contributed by atoms with Gasteiger partial charge in [0, 0.05) is 26.7 Å². The monoisotopic (exact) mass is 315 g/mol. The second-order valence-electron chi connectivity index (χ2n) is 4.42. The number of hydrogen-bond donors (Lipinski definition) is 2. The Bertz CT molecular complexity index is 215. The molecule has 1 aliphatic rings. The third-order valence-electron chi connectivity index (χ3n) is 2.97. The van der Waals surface area contributed by atoms with E-state index in [0.717, 1.165) is 19.6 Å². The van der Waals surface area contributed by atoms with Crippen molar-refractivity contribution in [3.8, 4) is 0 Å². The van der Waals surface area contributed by atoms with E-state index >= 15 is 0 Å². The van der Waals surface area contributed by atoms with Gasteiger partial charge in [-0.05, 0) is 25.9 Å². The van der Waals surface area contributed by atoms with Crippen molar-refractivity contribution in [1.29, 1.82) is 0 Å². The van der Waals surface area contributed by atoms with Crippen molar-refractivity contribution in [2.24, 2.45) is 0 Å². The Morgan fingerprint density at radius 3 is 2.47 bits per heavy atom. The molecule has 0 spiro atoms. The second kappa shape index (κ2) is 14.3. The fourth-order valence-electron chi connectivity index (χ4n) is 1.98. The highest BCUT2D eigenvalue weighted by atomic mass is 35.5. The van der Waals surface area contributed by atoms with Crippen molar-refractivity contribution >= 4 is 30.7 Å². The number of ether oxygens (including phenoxy) is 1. The summed E-state index contributed by atoms with van der Waals surface area (Å²) in [4.78, 5) is 13.8. The first-order chi connectivity index (χ1) is 8.33. The number of hydrogen-bond acceptors (Lipinski definition) is 4. The van der Waals surface area contributed by atoms with Crippen molar-refractivity contribution < 1.29 is 9.53 Å². The molecule has 0 aromatic heterocycles. The molecule has 2 N–H and O–H groups in total. The highest BCUT2D eigenvalue weighted by Gasteiger charge is 2.09. The summed E-state index contributed by atoms with van der Waals surface area (Å²) < 4.78 is 4.88. The number of nitrogens with zero attached hydrogens (tertiary/aromatic N) is 1. The lowest BCUT2D eigenvalue weighted by Gasteiger charge is -2.26. The van der Waals surface area contributed by atoms with Crippen LogP contribution >= 0.6 is 24.8 Å². The molecule has 116 valence electrons. The summed E-state index contributed by atoms with van der Waals surface area (Å²) in [6.07, 6.45) is 3.95. The third-order valence-corrected chi connectivity index (χ3v) is 2.97. The number of likely N-dealkylation sites (tertiary alicyclic amines) is 1. The quantitative estimate of drug-likeness (QED) is 0.646. The Balaban J connectivity index is 0. The molecule has 0 aromatic rings. The maximum absolute atomic E-state index is 11.4. The number of nitrogens with one attached hydrogen (secondary N) is 2. The Kier molecular flexibility index (Phi) is 16.0. The summed E-state index contributed by atoms with van der Waals surface area (Å²) in [5, 5.41) is 5.95. The number of rotatable bonds is 8. The molecule has 0 aromatic carbocycles. The van der Waals surface area contributed by atoms with Gasteiger partial charge >= 0.3 is 0 Å². The SMILES string of the molecule is COCCNCC(=O)NCCN1CCCCC1.Cl.Cl. The van der Waals surface area contributed by atoms with E-state index in [-0.39, 0.29) is 30.7 Å². The van der Waals surface area contributed by atoms with Crippen LogP contribution in [0.25, 0.3) is 0 Å². The fourth-order valence-corrected chi connectivity index (χ4v) is 1.98. The van der Waals surface area contributed by atoms with Crippen molar-refractivity contribution in [2.45, 2.75) is 19.3 Å². The van der Waals surface area contributed by atoms with Gasteiger partial charge in [-0.1, -0.05) is 6.42 Å². The molecule has 0 atom stereocenters. The fraction of sp³-hybridized carbons (Fsp3) is 0.917. The van der Waals surface area contributed by atoms with E-state index in [0.29, 0.717) is 13.2 Å². The summed E-state index contributed by atoms with van der Waals surface area (Å²) in [5.74, 6) is 0.0677. The topological polar surface area (TPSA) is 53.6 Å². The predicted octanol–water partition coefficient (Wildman–Crippen LogP) is 0.668. The van der Waals surface area contributed by atoms with Crippen LogP contribution in [0.1, 0.15) is 19.3 Å². The van der Waals surface area contributed by atoms with Gasteiger partial charge in [0.2, 0.25) is 5.91 Å². The van der Waals surface area contributed by atoms with Gasteiger partial charge in [-0.2, -0.15) is 0 Å². The molecule has 1 fully saturated rings. The molecule has 0 saturated carbocycles. The molecule has 7 heteroatoms. The van der Waals surface area contributed by atoms with Crippen LogP contribution in [0.2, 0.25) is 0 Å². The minimum atomic E-state index is 0. The zero-order valence-corrected chi connectivity index (χ0v) is 13.3. The molecule has 0 bridgehead atoms. The molecule has 19 heavy (non-hydrogen) atoms. The van der Waals surface area contributed by atoms with E-state index in [1.54, 1.807) is 7.11 Å². The summed E-state index contributed by atoms with van der Waals surface area (Å²) in [6, 6.07) is 0. The number of amides is 1. The molecule has 0 unspecified atom stereocenters. The first-order valence-corrected chi connectivity index (χ1v) is 6.51. The summed E-state index contributed by atoms with van der Waals surface area (Å²) in [6.45, 7) is 5.83. The second-order valence-corrected chi connectivity index (χ2v) is 4.42. The average Bonchev–Trinajstić information content (AvgIpc) is 2.36. The lowest BCUT2D eigenvalue weighted by molar-refractivity contribution is -0.120. The van der Waals surface area contributed by atoms with Crippen LogP contribution in [0.4, 0.5) is 0 Å². The molecule has 1 saturated heterocycles. The molecular formula is C12H27Cl2N3O2. The van der Waals surface area contributed by atoms with E-state index in [4.69, 9.17) is 4.74 Å². The van der Waals surface area contributed by atoms with E-state index in [1.807, 2.05) is 0 Å². The van der Waals surface area contributed by atoms with Gasteiger partial charge in [-0.25, -0.2) is 0 Å². The van der Waals surface area contributed by atoms with Crippen LogP contribution in [0.15, 0.2) is 0 Å². The van der Waals surface area contributed by atoms with Gasteiger partial charge in [-0.15, -0.1) is 24.8 Å². The minimum absolute atomic E-state index is 0. The number of methoxy groups -OCH3 is 1. The zero-order chi connectivity index (χ0) is 12.3. The number of carbonyl (C=O) groups is 1. The Morgan fingerprint density at radius 1 is 1.16 bits per heavy atom. The maximum Gasteiger partial charge on any atom is 0.234 e. The normalized spacial score (nSPS) is 15.2. The molecule has 5 nitrogen and oxygen atoms in total. The van der Waals surface area contributed by atoms with Crippen molar-refractivity contribution in [3.63, 3.8) is 0 Å². The van der Waals surface area contributed by atoms with Gasteiger partial charge in [0.25, 0.3) is 0 Å². The zero-order valence-electron chi connectivity index (χ0n) is 11.7. The van der Waals surface area contributed by atoms with Crippen LogP contribution < -0.4 is 10.6 Å². The van der Waals surface area contributed by atoms with Gasteiger partial charge in [-0.3, -0.25) is 4.79 Å². The van der Waals surface area contributed by atoms with Crippen LogP contribution in [0.3, 0.4) is 0 Å². The number of piperidine rings is 1. The highest BCUT2D eigenvalue weighted by molar-refractivity contribution is 5.85. The summed E-state index contributed by atoms with van der Waals surface area (Å²) >= 11 is 0. The number of halogens is 2. The van der Waals surface area contributed by atoms with E-state index < -0.39 is 0 Å². The van der Waals surface area contributed by atoms with Gasteiger partial charge in [0.05, 0.1) is 13.2 Å². The van der Waals surface area contributed by atoms with Crippen molar-refractivity contribution in [2.75, 3.05) is 53.0 Å². The van der Waals surface area contributed by atoms with E-state index in [1.165, 1.54) is 32.4 Å². The summed E-state index contributed by atoms with van der Waals surface area (Å²) in [5.41, 5.74) is 0. The van der Waals surface area contributed by atoms with Gasteiger partial charge in [0.1, 0.15) is 0 Å². The van der Waals surface area contributed by atoms with Crippen molar-refractivity contribution in [3.05, 3.63) is 0 Å². The van der Waals surface area contributed by atoms with Gasteiger partial charge in [0.15, 0.2) is 0 Å². The molecule has 1 amide bonds. The lowest BCUT2D eigenvalue weighted by atomic mass is 10.1. The Labute approximate surface area is 128 Å². The Morgan fingerprint density at radius 2 is 1.84 bits per heavy atom. The summed E-state index contributed by atoms with van der Waals surface area (Å²) in [7, 11) is 1.65. The van der Waals surface area contributed by atoms with Crippen LogP contribution in [0.5, 0.6) is 0 Å². The first-order valence-electron chi connectivity index (χ1n) is 6.51. The minimum Gasteiger partial charge on any atom is -0.383 e. The lowest BCUT2D eigenvalue weighted by Crippen LogP contribution is -2.40. The van der Waals surface area contributed by atoms with Crippen LogP contribution in [-0.4, -0.2) is 63.8 Å². The van der Waals surface area contributed by atoms with Crippen molar-refractivity contribution in [1.82, 2.24) is 15.5 Å². The van der Waals surface area contributed by atoms with Crippen LogP contribution in [-0.2, 0) is 9.53 Å². The molecule has 1 heterocycles.